The second-order valence-corrected chi connectivity index (χ2v) is 3.09. The monoisotopic (exact) mass is 174 g/mol. The molecule has 0 heterocycles. The smallest absolute Gasteiger partial charge is 0.199 e. The van der Waals surface area contributed by atoms with Crippen molar-refractivity contribution in [2.24, 2.45) is 0 Å². The van der Waals surface area contributed by atoms with Crippen LogP contribution in [0.25, 0.3) is 0 Å². The maximum atomic E-state index is 9.73. The first-order chi connectivity index (χ1) is 2.56. The molecule has 0 unspecified atom stereocenters. The number of hydrogen-bond donors (Lipinski definition) is 0. The topological polar surface area (TPSA) is 43.4 Å². The molecule has 0 aromatic carbocycles. The normalized spacial score (nSPS) is 11.7. The first-order valence-corrected chi connectivity index (χ1v) is 3.53. The van der Waals surface area contributed by atoms with E-state index in [9.17, 15) is 8.42 Å². The summed E-state index contributed by atoms with van der Waals surface area (Å²) in [5.74, 6) is 0. The second-order valence-electron chi connectivity index (χ2n) is 0.767. The van der Waals surface area contributed by atoms with Gasteiger partial charge in [0, 0.05) is 0 Å². The van der Waals surface area contributed by atoms with E-state index in [1.165, 1.54) is 0 Å². The van der Waals surface area contributed by atoms with E-state index < -0.39 is 10.1 Å². The summed E-state index contributed by atoms with van der Waals surface area (Å²) in [5.41, 5.74) is 0. The minimum Gasteiger partial charge on any atom is -0.199 e. The molecule has 5 heteroatoms. The average molecular weight is 175 g/mol. The molecule has 0 aliphatic carbocycles. The minimum atomic E-state index is -3.25. The third-order valence-corrected chi connectivity index (χ3v) is 1.78. The van der Waals surface area contributed by atoms with Crippen molar-refractivity contribution in [3.05, 3.63) is 0 Å². The molecule has 0 saturated heterocycles. The Kier molecular flexibility index (Phi) is 2.03. The fraction of sp³-hybridized carbons (Fsp3) is 1.00. The Hall–Kier alpha value is 0.390. The van der Waals surface area contributed by atoms with Crippen molar-refractivity contribution in [2.45, 2.75) is 0 Å². The molecule has 0 atom stereocenters. The molecule has 0 aliphatic heterocycles. The van der Waals surface area contributed by atoms with Crippen LogP contribution in [0.5, 0.6) is 0 Å². The molecule has 38 valence electrons. The summed E-state index contributed by atoms with van der Waals surface area (Å²) in [6, 6.07) is 0. The highest BCUT2D eigenvalue weighted by Gasteiger charge is 1.93. The largest absolute Gasteiger partial charge is 0.275 e. The fourth-order valence-electron chi connectivity index (χ4n) is 0. The first kappa shape index (κ1) is 6.39. The van der Waals surface area contributed by atoms with E-state index in [0.717, 1.165) is 6.26 Å². The quantitative estimate of drug-likeness (QED) is 0.574. The molecule has 3 nitrogen and oxygen atoms in total. The van der Waals surface area contributed by atoms with Gasteiger partial charge >= 0.3 is 0 Å². The van der Waals surface area contributed by atoms with Crippen molar-refractivity contribution in [1.82, 2.24) is 0 Å². The van der Waals surface area contributed by atoms with Crippen LogP contribution in [-0.4, -0.2) is 14.7 Å². The van der Waals surface area contributed by atoms with Crippen molar-refractivity contribution in [3.63, 3.8) is 0 Å². The molecule has 0 rings (SSSR count). The van der Waals surface area contributed by atoms with E-state index in [0.29, 0.717) is 0 Å². The van der Waals surface area contributed by atoms with Crippen molar-refractivity contribution < 1.29 is 11.7 Å². The fourth-order valence-corrected chi connectivity index (χ4v) is 0. The van der Waals surface area contributed by atoms with E-state index >= 15 is 0 Å². The van der Waals surface area contributed by atoms with Gasteiger partial charge in [-0.15, -0.1) is 0 Å². The summed E-state index contributed by atoms with van der Waals surface area (Å²) in [7, 11) is -3.25. The maximum Gasteiger partial charge on any atom is 0.275 e. The zero-order valence-corrected chi connectivity index (χ0v) is 5.41. The predicted molar refractivity (Wildman–Crippen MR) is 24.9 cm³/mol. The number of halogens is 1. The molecule has 0 aromatic rings. The highest BCUT2D eigenvalue weighted by atomic mass is 79.9. The van der Waals surface area contributed by atoms with Gasteiger partial charge in [-0.3, -0.25) is 0 Å². The van der Waals surface area contributed by atoms with E-state index in [2.05, 4.69) is 19.5 Å². The highest BCUT2D eigenvalue weighted by Crippen LogP contribution is 1.90. The number of rotatable bonds is 1. The Balaban J connectivity index is 3.85. The minimum absolute atomic E-state index is 0.946. The Labute approximate surface area is 44.9 Å². The zero-order valence-electron chi connectivity index (χ0n) is 3.01. The van der Waals surface area contributed by atoms with Gasteiger partial charge in [-0.25, -0.2) is 0 Å². The van der Waals surface area contributed by atoms with Gasteiger partial charge in [0.2, 0.25) is 0 Å². The lowest BCUT2D eigenvalue weighted by Gasteiger charge is -1.80. The van der Waals surface area contributed by atoms with Crippen LogP contribution in [0.1, 0.15) is 0 Å². The molecule has 0 radical (unpaired) electrons. The molecule has 0 spiro atoms. The maximum absolute atomic E-state index is 9.73. The lowest BCUT2D eigenvalue weighted by atomic mass is 12.0. The third-order valence-electron chi connectivity index (χ3n) is 0.114. The average Bonchev–Trinajstić information content (AvgIpc) is 1.35. The summed E-state index contributed by atoms with van der Waals surface area (Å²) in [6.45, 7) is 0. The third kappa shape index (κ3) is 4.39. The Morgan fingerprint density at radius 3 is 1.83 bits per heavy atom. The molecule has 6 heavy (non-hydrogen) atoms. The lowest BCUT2D eigenvalue weighted by molar-refractivity contribution is 0.534. The van der Waals surface area contributed by atoms with Crippen LogP contribution in [0.3, 0.4) is 0 Å². The Morgan fingerprint density at radius 2 is 1.83 bits per heavy atom. The molecule has 0 saturated carbocycles. The van der Waals surface area contributed by atoms with Gasteiger partial charge in [0.05, 0.1) is 6.26 Å². The van der Waals surface area contributed by atoms with Crippen molar-refractivity contribution in [1.29, 1.82) is 0 Å². The zero-order chi connectivity index (χ0) is 5.21. The van der Waals surface area contributed by atoms with Gasteiger partial charge in [0.25, 0.3) is 10.1 Å². The summed E-state index contributed by atoms with van der Waals surface area (Å²) in [5, 5.41) is 0. The SMILES string of the molecule is CS(=O)(=O)OBr. The molecule has 0 amide bonds. The molecule has 0 bridgehead atoms. The van der Waals surface area contributed by atoms with Crippen molar-refractivity contribution >= 4 is 26.4 Å². The summed E-state index contributed by atoms with van der Waals surface area (Å²) >= 11 is 2.28. The Morgan fingerprint density at radius 1 is 1.67 bits per heavy atom. The van der Waals surface area contributed by atoms with E-state index in [1.54, 1.807) is 0 Å². The highest BCUT2D eigenvalue weighted by molar-refractivity contribution is 9.06. The van der Waals surface area contributed by atoms with E-state index in [4.69, 9.17) is 0 Å². The molecule has 0 fully saturated rings. The first-order valence-electron chi connectivity index (χ1n) is 1.06. The van der Waals surface area contributed by atoms with Crippen LogP contribution in [0.2, 0.25) is 0 Å². The van der Waals surface area contributed by atoms with Gasteiger partial charge < -0.3 is 0 Å². The van der Waals surface area contributed by atoms with Crippen LogP contribution < -0.4 is 0 Å². The van der Waals surface area contributed by atoms with Gasteiger partial charge in [0.15, 0.2) is 0 Å². The van der Waals surface area contributed by atoms with Gasteiger partial charge in [-0.1, -0.05) is 0 Å². The van der Waals surface area contributed by atoms with Gasteiger partial charge in [-0.05, 0) is 0 Å². The standard InChI is InChI=1S/CH3BrO3S/c1-6(3,4)5-2/h1H3. The van der Waals surface area contributed by atoms with Gasteiger partial charge in [-0.2, -0.15) is 11.7 Å². The molecular weight excluding hydrogens is 172 g/mol. The van der Waals surface area contributed by atoms with E-state index in [1.807, 2.05) is 0 Å². The van der Waals surface area contributed by atoms with Crippen LogP contribution in [0.4, 0.5) is 0 Å². The number of hydrogen-bond acceptors (Lipinski definition) is 3. The lowest BCUT2D eigenvalue weighted by Crippen LogP contribution is -1.90. The van der Waals surface area contributed by atoms with Crippen LogP contribution in [0, 0.1) is 0 Å². The Bertz CT molecular complexity index is 113. The molecule has 0 aromatic heterocycles. The van der Waals surface area contributed by atoms with Gasteiger partial charge in [0.1, 0.15) is 16.3 Å². The molecule has 0 aliphatic rings. The van der Waals surface area contributed by atoms with Crippen molar-refractivity contribution in [2.75, 3.05) is 6.26 Å². The second kappa shape index (κ2) is 1.90. The summed E-state index contributed by atoms with van der Waals surface area (Å²) in [4.78, 5) is 0. The van der Waals surface area contributed by atoms with Crippen LogP contribution in [0.15, 0.2) is 0 Å². The van der Waals surface area contributed by atoms with Crippen molar-refractivity contribution in [3.8, 4) is 0 Å². The van der Waals surface area contributed by atoms with Crippen LogP contribution >= 0.6 is 16.3 Å². The van der Waals surface area contributed by atoms with E-state index in [-0.39, 0.29) is 0 Å². The predicted octanol–water partition coefficient (Wildman–Crippen LogP) is 0.273. The summed E-state index contributed by atoms with van der Waals surface area (Å²) < 4.78 is 23.2. The summed E-state index contributed by atoms with van der Waals surface area (Å²) in [6.07, 6.45) is 0.946. The molecular formula is CH3BrO3S. The molecule has 0 N–H and O–H groups in total. The van der Waals surface area contributed by atoms with Crippen LogP contribution in [-0.2, 0) is 13.4 Å².